The van der Waals surface area contributed by atoms with E-state index >= 15 is 0 Å². The maximum atomic E-state index is 5.56. The van der Waals surface area contributed by atoms with E-state index in [0.717, 1.165) is 11.3 Å². The molecule has 0 aliphatic carbocycles. The zero-order valence-corrected chi connectivity index (χ0v) is 10.6. The quantitative estimate of drug-likeness (QED) is 0.877. The zero-order chi connectivity index (χ0) is 13.0. The van der Waals surface area contributed by atoms with Gasteiger partial charge in [-0.2, -0.15) is 4.98 Å². The molecule has 0 saturated heterocycles. The Labute approximate surface area is 106 Å². The maximum Gasteiger partial charge on any atom is 0.229 e. The van der Waals surface area contributed by atoms with E-state index in [2.05, 4.69) is 10.1 Å². The molecule has 96 valence electrons. The van der Waals surface area contributed by atoms with Gasteiger partial charge in [-0.1, -0.05) is 31.1 Å². The lowest BCUT2D eigenvalue weighted by molar-refractivity contribution is 0.284. The molecule has 0 aliphatic rings. The molecule has 2 aromatic rings. The highest BCUT2D eigenvalue weighted by atomic mass is 16.5. The highest BCUT2D eigenvalue weighted by molar-refractivity contribution is 5.27. The minimum Gasteiger partial charge on any atom is -0.485 e. The van der Waals surface area contributed by atoms with Crippen molar-refractivity contribution in [3.8, 4) is 5.75 Å². The first-order valence-electron chi connectivity index (χ1n) is 5.93. The van der Waals surface area contributed by atoms with Crippen molar-refractivity contribution in [3.05, 3.63) is 41.5 Å². The topological polar surface area (TPSA) is 74.2 Å². The van der Waals surface area contributed by atoms with Crippen molar-refractivity contribution < 1.29 is 9.26 Å². The molecule has 0 amide bonds. The number of benzene rings is 1. The highest BCUT2D eigenvalue weighted by Crippen LogP contribution is 2.15. The smallest absolute Gasteiger partial charge is 0.229 e. The molecule has 1 heterocycles. The fourth-order valence-electron chi connectivity index (χ4n) is 1.43. The van der Waals surface area contributed by atoms with E-state index in [1.165, 1.54) is 0 Å². The van der Waals surface area contributed by atoms with Crippen LogP contribution in [-0.4, -0.2) is 10.1 Å². The Morgan fingerprint density at radius 2 is 2.00 bits per heavy atom. The molecular formula is C13H17N3O2. The Bertz CT molecular complexity index is 491. The lowest BCUT2D eigenvalue weighted by atomic mass is 10.2. The van der Waals surface area contributed by atoms with Crippen LogP contribution in [0.25, 0.3) is 0 Å². The number of aromatic nitrogens is 2. The molecule has 0 bridgehead atoms. The van der Waals surface area contributed by atoms with Gasteiger partial charge in [-0.25, -0.2) is 0 Å². The lowest BCUT2D eigenvalue weighted by Gasteiger charge is -2.03. The Balaban J connectivity index is 1.93. The van der Waals surface area contributed by atoms with Gasteiger partial charge in [0.2, 0.25) is 11.7 Å². The Morgan fingerprint density at radius 1 is 1.28 bits per heavy atom. The molecule has 0 spiro atoms. The molecule has 0 fully saturated rings. The Hall–Kier alpha value is -1.88. The average molecular weight is 247 g/mol. The van der Waals surface area contributed by atoms with Gasteiger partial charge in [-0.15, -0.1) is 0 Å². The molecule has 2 N–H and O–H groups in total. The summed E-state index contributed by atoms with van der Waals surface area (Å²) in [7, 11) is 0. The van der Waals surface area contributed by atoms with Gasteiger partial charge in [0.05, 0.1) is 0 Å². The predicted molar refractivity (Wildman–Crippen MR) is 67.1 cm³/mol. The normalized spacial score (nSPS) is 10.9. The van der Waals surface area contributed by atoms with Gasteiger partial charge < -0.3 is 15.0 Å². The highest BCUT2D eigenvalue weighted by Gasteiger charge is 2.09. The van der Waals surface area contributed by atoms with Crippen LogP contribution in [0.15, 0.2) is 28.8 Å². The van der Waals surface area contributed by atoms with E-state index in [4.69, 9.17) is 15.0 Å². The summed E-state index contributed by atoms with van der Waals surface area (Å²) in [6.45, 7) is 4.84. The summed E-state index contributed by atoms with van der Waals surface area (Å²) in [6.07, 6.45) is 0. The van der Waals surface area contributed by atoms with Crippen LogP contribution in [0.4, 0.5) is 0 Å². The van der Waals surface area contributed by atoms with Gasteiger partial charge in [0.1, 0.15) is 5.75 Å². The minimum absolute atomic E-state index is 0.232. The third-order valence-electron chi connectivity index (χ3n) is 2.50. The second kappa shape index (κ2) is 5.64. The molecule has 0 unspecified atom stereocenters. The second-order valence-corrected chi connectivity index (χ2v) is 4.34. The third-order valence-corrected chi connectivity index (χ3v) is 2.50. The standard InChI is InChI=1S/C13H17N3O2/c1-9(2)13-15-12(16-18-13)8-17-11-5-3-10(7-14)4-6-11/h3-6,9H,7-8,14H2,1-2H3. The first kappa shape index (κ1) is 12.6. The predicted octanol–water partition coefficient (Wildman–Crippen LogP) is 2.23. The van der Waals surface area contributed by atoms with Crippen LogP contribution in [0.5, 0.6) is 5.75 Å². The second-order valence-electron chi connectivity index (χ2n) is 4.34. The summed E-state index contributed by atoms with van der Waals surface area (Å²) < 4.78 is 10.7. The summed E-state index contributed by atoms with van der Waals surface area (Å²) in [4.78, 5) is 4.24. The van der Waals surface area contributed by atoms with E-state index in [9.17, 15) is 0 Å². The maximum absolute atomic E-state index is 5.56. The number of rotatable bonds is 5. The number of hydrogen-bond donors (Lipinski definition) is 1. The lowest BCUT2D eigenvalue weighted by Crippen LogP contribution is -1.99. The molecule has 1 aromatic heterocycles. The van der Waals surface area contributed by atoms with Crippen LogP contribution in [0.3, 0.4) is 0 Å². The molecule has 5 heteroatoms. The van der Waals surface area contributed by atoms with Crippen molar-refractivity contribution >= 4 is 0 Å². The van der Waals surface area contributed by atoms with E-state index in [-0.39, 0.29) is 5.92 Å². The first-order chi connectivity index (χ1) is 8.69. The third kappa shape index (κ3) is 3.07. The summed E-state index contributed by atoms with van der Waals surface area (Å²) in [5, 5.41) is 3.86. The minimum atomic E-state index is 0.232. The van der Waals surface area contributed by atoms with E-state index in [0.29, 0.717) is 24.9 Å². The molecule has 0 aliphatic heterocycles. The monoisotopic (exact) mass is 247 g/mol. The van der Waals surface area contributed by atoms with Gasteiger partial charge >= 0.3 is 0 Å². The van der Waals surface area contributed by atoms with Crippen molar-refractivity contribution in [1.82, 2.24) is 10.1 Å². The van der Waals surface area contributed by atoms with Gasteiger partial charge in [-0.05, 0) is 17.7 Å². The largest absolute Gasteiger partial charge is 0.485 e. The summed E-state index contributed by atoms with van der Waals surface area (Å²) in [6, 6.07) is 7.63. The van der Waals surface area contributed by atoms with Crippen LogP contribution in [0, 0.1) is 0 Å². The van der Waals surface area contributed by atoms with Crippen LogP contribution < -0.4 is 10.5 Å². The van der Waals surface area contributed by atoms with Crippen LogP contribution in [-0.2, 0) is 13.2 Å². The van der Waals surface area contributed by atoms with Crippen molar-refractivity contribution in [2.24, 2.45) is 5.73 Å². The van der Waals surface area contributed by atoms with Crippen molar-refractivity contribution in [3.63, 3.8) is 0 Å². The number of nitrogens with two attached hydrogens (primary N) is 1. The van der Waals surface area contributed by atoms with Crippen LogP contribution in [0.2, 0.25) is 0 Å². The Kier molecular flexibility index (Phi) is 3.94. The fourth-order valence-corrected chi connectivity index (χ4v) is 1.43. The zero-order valence-electron chi connectivity index (χ0n) is 10.6. The average Bonchev–Trinajstić information content (AvgIpc) is 2.86. The summed E-state index contributed by atoms with van der Waals surface area (Å²) in [5.74, 6) is 2.19. The van der Waals surface area contributed by atoms with Gasteiger partial charge in [-0.3, -0.25) is 0 Å². The fraction of sp³-hybridized carbons (Fsp3) is 0.385. The van der Waals surface area contributed by atoms with Crippen molar-refractivity contribution in [1.29, 1.82) is 0 Å². The molecule has 0 atom stereocenters. The number of nitrogens with zero attached hydrogens (tertiary/aromatic N) is 2. The van der Waals surface area contributed by atoms with Crippen LogP contribution in [0.1, 0.15) is 37.0 Å². The molecule has 0 radical (unpaired) electrons. The molecule has 0 saturated carbocycles. The molecule has 18 heavy (non-hydrogen) atoms. The van der Waals surface area contributed by atoms with Gasteiger partial charge in [0.25, 0.3) is 0 Å². The van der Waals surface area contributed by atoms with Crippen molar-refractivity contribution in [2.75, 3.05) is 0 Å². The SMILES string of the molecule is CC(C)c1nc(COc2ccc(CN)cc2)no1. The Morgan fingerprint density at radius 3 is 2.56 bits per heavy atom. The molecule has 5 nitrogen and oxygen atoms in total. The number of hydrogen-bond acceptors (Lipinski definition) is 5. The first-order valence-corrected chi connectivity index (χ1v) is 5.93. The molecule has 1 aromatic carbocycles. The van der Waals surface area contributed by atoms with E-state index in [1.54, 1.807) is 0 Å². The summed E-state index contributed by atoms with van der Waals surface area (Å²) >= 11 is 0. The molecule has 2 rings (SSSR count). The van der Waals surface area contributed by atoms with Gasteiger partial charge in [0.15, 0.2) is 6.61 Å². The van der Waals surface area contributed by atoms with Gasteiger partial charge in [0, 0.05) is 12.5 Å². The number of ether oxygens (including phenoxy) is 1. The van der Waals surface area contributed by atoms with E-state index < -0.39 is 0 Å². The van der Waals surface area contributed by atoms with E-state index in [1.807, 2.05) is 38.1 Å². The molecular weight excluding hydrogens is 230 g/mol. The van der Waals surface area contributed by atoms with Crippen LogP contribution >= 0.6 is 0 Å². The summed E-state index contributed by atoms with van der Waals surface area (Å²) in [5.41, 5.74) is 6.60. The van der Waals surface area contributed by atoms with Crippen molar-refractivity contribution in [2.45, 2.75) is 32.9 Å².